The number of fused-ring (bicyclic) bond motifs is 2. The van der Waals surface area contributed by atoms with Gasteiger partial charge in [-0.2, -0.15) is 0 Å². The Balaban J connectivity index is 0.00000200. The van der Waals surface area contributed by atoms with Gasteiger partial charge in [0.2, 0.25) is 5.91 Å². The summed E-state index contributed by atoms with van der Waals surface area (Å²) in [7, 11) is 0. The van der Waals surface area contributed by atoms with Crippen LogP contribution in [0.5, 0.6) is 0 Å². The van der Waals surface area contributed by atoms with Gasteiger partial charge in [-0.3, -0.25) is 4.79 Å². The van der Waals surface area contributed by atoms with Gasteiger partial charge in [-0.05, 0) is 25.7 Å². The molecule has 0 aromatic heterocycles. The number of halogens is 1. The minimum atomic E-state index is -0.624. The summed E-state index contributed by atoms with van der Waals surface area (Å²) in [6.07, 6.45) is 4.83. The Morgan fingerprint density at radius 3 is 2.70 bits per heavy atom. The van der Waals surface area contributed by atoms with Crippen LogP contribution in [0.3, 0.4) is 0 Å². The lowest BCUT2D eigenvalue weighted by atomic mass is 10.1. The van der Waals surface area contributed by atoms with Crippen LogP contribution in [0.25, 0.3) is 0 Å². The van der Waals surface area contributed by atoms with Crippen LogP contribution in [-0.4, -0.2) is 48.1 Å². The molecule has 2 fully saturated rings. The number of nitrogens with one attached hydrogen (secondary N) is 2. The third kappa shape index (κ3) is 4.24. The predicted octanol–water partition coefficient (Wildman–Crippen LogP) is 0.598. The molecular formula is C13H25ClN4O2. The summed E-state index contributed by atoms with van der Waals surface area (Å²) in [5, 5.41) is 6.11. The minimum Gasteiger partial charge on any atom is -0.352 e. The maximum Gasteiger partial charge on any atom is 0.312 e. The van der Waals surface area contributed by atoms with Crippen molar-refractivity contribution >= 4 is 24.3 Å². The smallest absolute Gasteiger partial charge is 0.312 e. The topological polar surface area (TPSA) is 87.5 Å². The van der Waals surface area contributed by atoms with Crippen molar-refractivity contribution in [2.75, 3.05) is 13.1 Å². The van der Waals surface area contributed by atoms with Gasteiger partial charge >= 0.3 is 6.03 Å². The highest BCUT2D eigenvalue weighted by molar-refractivity contribution is 5.86. The number of carbonyl (C=O) groups excluding carboxylic acids is 2. The fourth-order valence-corrected chi connectivity index (χ4v) is 3.08. The van der Waals surface area contributed by atoms with Crippen molar-refractivity contribution in [2.45, 2.75) is 57.2 Å². The molecule has 2 saturated heterocycles. The van der Waals surface area contributed by atoms with Crippen molar-refractivity contribution in [3.8, 4) is 0 Å². The summed E-state index contributed by atoms with van der Waals surface area (Å²) in [6, 6.07) is -0.135. The van der Waals surface area contributed by atoms with Gasteiger partial charge in [0.15, 0.2) is 0 Å². The number of likely N-dealkylation sites (tertiary alicyclic amines) is 1. The van der Waals surface area contributed by atoms with E-state index < -0.39 is 12.1 Å². The van der Waals surface area contributed by atoms with E-state index in [0.29, 0.717) is 18.5 Å². The number of amides is 3. The molecule has 0 radical (unpaired) electrons. The molecule has 20 heavy (non-hydrogen) atoms. The lowest BCUT2D eigenvalue weighted by molar-refractivity contribution is -0.133. The molecule has 7 heteroatoms. The summed E-state index contributed by atoms with van der Waals surface area (Å²) in [4.78, 5) is 25.4. The molecule has 116 valence electrons. The van der Waals surface area contributed by atoms with Gasteiger partial charge in [0.25, 0.3) is 0 Å². The second-order valence-corrected chi connectivity index (χ2v) is 5.56. The van der Waals surface area contributed by atoms with Crippen molar-refractivity contribution in [3.05, 3.63) is 0 Å². The molecule has 0 aromatic rings. The molecule has 2 bridgehead atoms. The predicted molar refractivity (Wildman–Crippen MR) is 79.8 cm³/mol. The lowest BCUT2D eigenvalue weighted by Gasteiger charge is -2.28. The second kappa shape index (κ2) is 7.69. The van der Waals surface area contributed by atoms with Crippen LogP contribution in [0.2, 0.25) is 0 Å². The zero-order chi connectivity index (χ0) is 13.8. The maximum atomic E-state index is 12.5. The van der Waals surface area contributed by atoms with E-state index in [9.17, 15) is 9.59 Å². The van der Waals surface area contributed by atoms with E-state index in [-0.39, 0.29) is 18.3 Å². The average Bonchev–Trinajstić information content (AvgIpc) is 2.67. The van der Waals surface area contributed by atoms with Crippen LogP contribution in [0.4, 0.5) is 4.79 Å². The van der Waals surface area contributed by atoms with Crippen LogP contribution in [0.15, 0.2) is 0 Å². The van der Waals surface area contributed by atoms with E-state index in [1.165, 1.54) is 6.42 Å². The summed E-state index contributed by atoms with van der Waals surface area (Å²) in [5.41, 5.74) is 5.15. The second-order valence-electron chi connectivity index (χ2n) is 5.56. The molecule has 4 N–H and O–H groups in total. The number of nitrogens with zero attached hydrogens (tertiary/aromatic N) is 1. The SMILES string of the molecule is CCC[C@@H](NC(N)=O)C(=O)N1CCC2CCC(C1)N2.Cl. The molecule has 3 atom stereocenters. The molecule has 0 spiro atoms. The fraction of sp³-hybridized carbons (Fsp3) is 0.846. The number of rotatable bonds is 4. The number of hydrogen-bond acceptors (Lipinski definition) is 3. The fourth-order valence-electron chi connectivity index (χ4n) is 3.08. The van der Waals surface area contributed by atoms with E-state index >= 15 is 0 Å². The highest BCUT2D eigenvalue weighted by Gasteiger charge is 2.33. The molecule has 6 nitrogen and oxygen atoms in total. The lowest BCUT2D eigenvalue weighted by Crippen LogP contribution is -2.51. The van der Waals surface area contributed by atoms with Crippen LogP contribution in [0.1, 0.15) is 39.0 Å². The monoisotopic (exact) mass is 304 g/mol. The van der Waals surface area contributed by atoms with Gasteiger partial charge < -0.3 is 21.3 Å². The number of hydrogen-bond donors (Lipinski definition) is 3. The van der Waals surface area contributed by atoms with E-state index in [4.69, 9.17) is 5.73 Å². The molecule has 2 aliphatic heterocycles. The zero-order valence-electron chi connectivity index (χ0n) is 11.9. The average molecular weight is 305 g/mol. The first-order valence-electron chi connectivity index (χ1n) is 7.21. The largest absolute Gasteiger partial charge is 0.352 e. The van der Waals surface area contributed by atoms with E-state index in [1.807, 2.05) is 11.8 Å². The highest BCUT2D eigenvalue weighted by Crippen LogP contribution is 2.21. The maximum absolute atomic E-state index is 12.5. The van der Waals surface area contributed by atoms with Crippen molar-refractivity contribution in [3.63, 3.8) is 0 Å². The van der Waals surface area contributed by atoms with Crippen LogP contribution in [-0.2, 0) is 4.79 Å². The van der Waals surface area contributed by atoms with Crippen molar-refractivity contribution in [1.29, 1.82) is 0 Å². The summed E-state index contributed by atoms with van der Waals surface area (Å²) >= 11 is 0. The number of carbonyl (C=O) groups is 2. The molecule has 2 unspecified atom stereocenters. The van der Waals surface area contributed by atoms with E-state index in [1.54, 1.807) is 0 Å². The van der Waals surface area contributed by atoms with Crippen molar-refractivity contribution < 1.29 is 9.59 Å². The standard InChI is InChI=1S/C13H24N4O2.ClH/c1-2-3-11(16-13(14)19)12(18)17-7-6-9-4-5-10(8-17)15-9;/h9-11,15H,2-8H2,1H3,(H3,14,16,19);1H/t9?,10?,11-;/m1./s1. The molecule has 2 heterocycles. The van der Waals surface area contributed by atoms with Crippen LogP contribution >= 0.6 is 12.4 Å². The Hall–Kier alpha value is -1.01. The van der Waals surface area contributed by atoms with Gasteiger partial charge in [-0.15, -0.1) is 12.4 Å². The number of urea groups is 1. The molecule has 0 aliphatic carbocycles. The first kappa shape index (κ1) is 17.0. The molecule has 0 saturated carbocycles. The quantitative estimate of drug-likeness (QED) is 0.710. The van der Waals surface area contributed by atoms with E-state index in [2.05, 4.69) is 10.6 Å². The van der Waals surface area contributed by atoms with Gasteiger partial charge in [-0.1, -0.05) is 13.3 Å². The first-order valence-corrected chi connectivity index (χ1v) is 7.21. The van der Waals surface area contributed by atoms with Crippen molar-refractivity contribution in [2.24, 2.45) is 5.73 Å². The van der Waals surface area contributed by atoms with Gasteiger partial charge in [0.1, 0.15) is 6.04 Å². The van der Waals surface area contributed by atoms with Gasteiger partial charge in [-0.25, -0.2) is 4.79 Å². The number of nitrogens with two attached hydrogens (primary N) is 1. The first-order chi connectivity index (χ1) is 9.10. The summed E-state index contributed by atoms with van der Waals surface area (Å²) < 4.78 is 0. The van der Waals surface area contributed by atoms with E-state index in [0.717, 1.165) is 32.4 Å². The Labute approximate surface area is 126 Å². The zero-order valence-corrected chi connectivity index (χ0v) is 12.7. The van der Waals surface area contributed by atoms with Gasteiger partial charge in [0, 0.05) is 25.2 Å². The van der Waals surface area contributed by atoms with Crippen LogP contribution < -0.4 is 16.4 Å². The molecule has 3 amide bonds. The van der Waals surface area contributed by atoms with Crippen LogP contribution in [0, 0.1) is 0 Å². The third-order valence-electron chi connectivity index (χ3n) is 4.03. The molecule has 0 aromatic carbocycles. The number of primary amides is 1. The Kier molecular flexibility index (Phi) is 6.55. The molecule has 2 aliphatic rings. The summed E-state index contributed by atoms with van der Waals surface area (Å²) in [5.74, 6) is 0.00926. The molecular weight excluding hydrogens is 280 g/mol. The summed E-state index contributed by atoms with van der Waals surface area (Å²) in [6.45, 7) is 3.51. The van der Waals surface area contributed by atoms with Crippen molar-refractivity contribution in [1.82, 2.24) is 15.5 Å². The Morgan fingerprint density at radius 1 is 1.35 bits per heavy atom. The highest BCUT2D eigenvalue weighted by atomic mass is 35.5. The molecule has 2 rings (SSSR count). The normalized spacial score (nSPS) is 26.4. The minimum absolute atomic E-state index is 0. The third-order valence-corrected chi connectivity index (χ3v) is 4.03. The Morgan fingerprint density at radius 2 is 2.05 bits per heavy atom. The van der Waals surface area contributed by atoms with Gasteiger partial charge in [0.05, 0.1) is 0 Å². The Bertz CT molecular complexity index is 353.